The number of nitrogens with one attached hydrogen (secondary N) is 1. The quantitative estimate of drug-likeness (QED) is 0.681. The van der Waals surface area contributed by atoms with Crippen LogP contribution >= 0.6 is 0 Å². The third-order valence-corrected chi connectivity index (χ3v) is 4.29. The van der Waals surface area contributed by atoms with Crippen LogP contribution in [-0.2, 0) is 11.2 Å². The van der Waals surface area contributed by atoms with Crippen LogP contribution < -0.4 is 14.8 Å². The molecule has 2 aromatic carbocycles. The van der Waals surface area contributed by atoms with Gasteiger partial charge in [0.1, 0.15) is 11.5 Å². The van der Waals surface area contributed by atoms with E-state index in [4.69, 9.17) is 9.47 Å². The van der Waals surface area contributed by atoms with E-state index in [0.29, 0.717) is 12.5 Å². The van der Waals surface area contributed by atoms with Gasteiger partial charge in [-0.2, -0.15) is 0 Å². The van der Waals surface area contributed by atoms with E-state index in [1.54, 1.807) is 14.0 Å². The molecule has 0 unspecified atom stereocenters. The summed E-state index contributed by atoms with van der Waals surface area (Å²) in [6, 6.07) is 15.9. The summed E-state index contributed by atoms with van der Waals surface area (Å²) < 4.78 is 11.1. The SMILES string of the molecule is COc1cccc(CCCNC(=O)[C@@H](C)Oc2ccccc2C(C)C)c1. The van der Waals surface area contributed by atoms with Crippen LogP contribution in [0.5, 0.6) is 11.5 Å². The molecule has 0 bridgehead atoms. The van der Waals surface area contributed by atoms with Crippen LogP contribution in [-0.4, -0.2) is 25.7 Å². The lowest BCUT2D eigenvalue weighted by atomic mass is 10.0. The first-order chi connectivity index (χ1) is 12.5. The monoisotopic (exact) mass is 355 g/mol. The van der Waals surface area contributed by atoms with E-state index in [-0.39, 0.29) is 5.91 Å². The summed E-state index contributed by atoms with van der Waals surface area (Å²) in [4.78, 5) is 12.3. The van der Waals surface area contributed by atoms with E-state index >= 15 is 0 Å². The number of carbonyl (C=O) groups is 1. The van der Waals surface area contributed by atoms with Crippen LogP contribution in [0.3, 0.4) is 0 Å². The lowest BCUT2D eigenvalue weighted by molar-refractivity contribution is -0.127. The number of carbonyl (C=O) groups excluding carboxylic acids is 1. The lowest BCUT2D eigenvalue weighted by Crippen LogP contribution is -2.37. The smallest absolute Gasteiger partial charge is 0.260 e. The van der Waals surface area contributed by atoms with Gasteiger partial charge >= 0.3 is 0 Å². The molecule has 0 heterocycles. The van der Waals surface area contributed by atoms with Crippen LogP contribution in [0, 0.1) is 0 Å². The zero-order valence-electron chi connectivity index (χ0n) is 16.1. The number of hydrogen-bond acceptors (Lipinski definition) is 3. The normalized spacial score (nSPS) is 11.9. The number of benzene rings is 2. The Morgan fingerprint density at radius 3 is 2.58 bits per heavy atom. The Kier molecular flexibility index (Phi) is 7.52. The average molecular weight is 355 g/mol. The second kappa shape index (κ2) is 9.85. The van der Waals surface area contributed by atoms with Gasteiger partial charge in [-0.1, -0.05) is 44.2 Å². The summed E-state index contributed by atoms with van der Waals surface area (Å²) in [7, 11) is 1.66. The highest BCUT2D eigenvalue weighted by atomic mass is 16.5. The first kappa shape index (κ1) is 19.8. The summed E-state index contributed by atoms with van der Waals surface area (Å²) in [5, 5.41) is 2.96. The van der Waals surface area contributed by atoms with Crippen molar-refractivity contribution >= 4 is 5.91 Å². The van der Waals surface area contributed by atoms with Crippen LogP contribution in [0.25, 0.3) is 0 Å². The number of aryl methyl sites for hydroxylation is 1. The molecule has 2 rings (SSSR count). The number of methoxy groups -OCH3 is 1. The molecule has 4 nitrogen and oxygen atoms in total. The molecule has 0 aliphatic heterocycles. The summed E-state index contributed by atoms with van der Waals surface area (Å²) in [5.74, 6) is 1.90. The molecule has 1 atom stereocenters. The summed E-state index contributed by atoms with van der Waals surface area (Å²) >= 11 is 0. The number of hydrogen-bond donors (Lipinski definition) is 1. The van der Waals surface area contributed by atoms with Crippen molar-refractivity contribution in [2.45, 2.75) is 45.6 Å². The van der Waals surface area contributed by atoms with Crippen molar-refractivity contribution in [1.82, 2.24) is 5.32 Å². The fraction of sp³-hybridized carbons (Fsp3) is 0.409. The molecule has 0 aliphatic rings. The highest BCUT2D eigenvalue weighted by molar-refractivity contribution is 5.80. The van der Waals surface area contributed by atoms with Gasteiger partial charge in [-0.3, -0.25) is 4.79 Å². The third kappa shape index (κ3) is 5.80. The van der Waals surface area contributed by atoms with Crippen molar-refractivity contribution in [2.75, 3.05) is 13.7 Å². The van der Waals surface area contributed by atoms with Crippen LogP contribution in [0.4, 0.5) is 0 Å². The molecule has 4 heteroatoms. The molecule has 0 radical (unpaired) electrons. The number of amides is 1. The number of ether oxygens (including phenoxy) is 2. The maximum absolute atomic E-state index is 12.3. The van der Waals surface area contributed by atoms with Crippen molar-refractivity contribution < 1.29 is 14.3 Å². The van der Waals surface area contributed by atoms with Crippen LogP contribution in [0.2, 0.25) is 0 Å². The molecular formula is C22H29NO3. The molecule has 140 valence electrons. The van der Waals surface area contributed by atoms with Gasteiger partial charge in [-0.25, -0.2) is 0 Å². The first-order valence-electron chi connectivity index (χ1n) is 9.17. The fourth-order valence-corrected chi connectivity index (χ4v) is 2.78. The van der Waals surface area contributed by atoms with Gasteiger partial charge in [0.2, 0.25) is 0 Å². The maximum Gasteiger partial charge on any atom is 0.260 e. The van der Waals surface area contributed by atoms with E-state index in [9.17, 15) is 4.79 Å². The molecule has 0 saturated carbocycles. The lowest BCUT2D eigenvalue weighted by Gasteiger charge is -2.18. The Labute approximate surface area is 156 Å². The maximum atomic E-state index is 12.3. The first-order valence-corrected chi connectivity index (χ1v) is 9.17. The molecule has 0 aromatic heterocycles. The number of para-hydroxylation sites is 1. The van der Waals surface area contributed by atoms with Crippen molar-refractivity contribution in [2.24, 2.45) is 0 Å². The summed E-state index contributed by atoms with van der Waals surface area (Å²) in [6.07, 6.45) is 1.24. The zero-order chi connectivity index (χ0) is 18.9. The Morgan fingerprint density at radius 1 is 1.08 bits per heavy atom. The highest BCUT2D eigenvalue weighted by Crippen LogP contribution is 2.26. The number of rotatable bonds is 9. The second-order valence-electron chi connectivity index (χ2n) is 6.70. The Morgan fingerprint density at radius 2 is 1.85 bits per heavy atom. The molecule has 0 fully saturated rings. The molecule has 0 spiro atoms. The van der Waals surface area contributed by atoms with Crippen molar-refractivity contribution in [3.8, 4) is 11.5 Å². The van der Waals surface area contributed by atoms with Gasteiger partial charge in [0.25, 0.3) is 5.91 Å². The predicted octanol–water partition coefficient (Wildman–Crippen LogP) is 4.33. The van der Waals surface area contributed by atoms with Gasteiger partial charge in [-0.15, -0.1) is 0 Å². The van der Waals surface area contributed by atoms with Crippen molar-refractivity contribution in [3.63, 3.8) is 0 Å². The average Bonchev–Trinajstić information content (AvgIpc) is 2.65. The van der Waals surface area contributed by atoms with Gasteiger partial charge in [0.05, 0.1) is 7.11 Å². The minimum atomic E-state index is -0.522. The molecule has 1 N–H and O–H groups in total. The van der Waals surface area contributed by atoms with Gasteiger partial charge in [0.15, 0.2) is 6.10 Å². The predicted molar refractivity (Wildman–Crippen MR) is 105 cm³/mol. The standard InChI is InChI=1S/C22H29NO3/c1-16(2)20-12-5-6-13-21(20)26-17(3)22(24)23-14-8-10-18-9-7-11-19(15-18)25-4/h5-7,9,11-13,15-17H,8,10,14H2,1-4H3,(H,23,24)/t17-/m1/s1. The molecule has 26 heavy (non-hydrogen) atoms. The molecule has 0 aliphatic carbocycles. The van der Waals surface area contributed by atoms with Gasteiger partial charge in [0, 0.05) is 6.54 Å². The molecule has 0 saturated heterocycles. The fourth-order valence-electron chi connectivity index (χ4n) is 2.78. The Bertz CT molecular complexity index is 712. The Balaban J connectivity index is 1.79. The largest absolute Gasteiger partial charge is 0.497 e. The second-order valence-corrected chi connectivity index (χ2v) is 6.70. The molecule has 2 aromatic rings. The van der Waals surface area contributed by atoms with Crippen LogP contribution in [0.1, 0.15) is 44.2 Å². The van der Waals surface area contributed by atoms with Gasteiger partial charge in [-0.05, 0) is 55.0 Å². The van der Waals surface area contributed by atoms with E-state index in [1.807, 2.05) is 42.5 Å². The van der Waals surface area contributed by atoms with E-state index in [1.165, 1.54) is 5.56 Å². The van der Waals surface area contributed by atoms with Gasteiger partial charge < -0.3 is 14.8 Å². The Hall–Kier alpha value is -2.49. The molecule has 1 amide bonds. The van der Waals surface area contributed by atoms with E-state index < -0.39 is 6.10 Å². The summed E-state index contributed by atoms with van der Waals surface area (Å²) in [5.41, 5.74) is 2.32. The highest BCUT2D eigenvalue weighted by Gasteiger charge is 2.16. The third-order valence-electron chi connectivity index (χ3n) is 4.29. The van der Waals surface area contributed by atoms with Crippen molar-refractivity contribution in [3.05, 3.63) is 59.7 Å². The minimum absolute atomic E-state index is 0.0887. The minimum Gasteiger partial charge on any atom is -0.497 e. The van der Waals surface area contributed by atoms with Crippen molar-refractivity contribution in [1.29, 1.82) is 0 Å². The topological polar surface area (TPSA) is 47.6 Å². The van der Waals surface area contributed by atoms with E-state index in [0.717, 1.165) is 29.9 Å². The molecular weight excluding hydrogens is 326 g/mol. The summed E-state index contributed by atoms with van der Waals surface area (Å²) in [6.45, 7) is 6.64. The van der Waals surface area contributed by atoms with E-state index in [2.05, 4.69) is 25.2 Å². The van der Waals surface area contributed by atoms with Crippen LogP contribution in [0.15, 0.2) is 48.5 Å². The zero-order valence-corrected chi connectivity index (χ0v) is 16.1.